The molecule has 15 heavy (non-hydrogen) atoms. The molecule has 1 saturated heterocycles. The minimum Gasteiger partial charge on any atom is -0.315 e. The molecule has 3 nitrogen and oxygen atoms in total. The van der Waals surface area contributed by atoms with Gasteiger partial charge in [-0.25, -0.2) is 0 Å². The van der Waals surface area contributed by atoms with Crippen LogP contribution < -0.4 is 5.32 Å². The van der Waals surface area contributed by atoms with Crippen LogP contribution in [-0.2, 0) is 6.54 Å². The van der Waals surface area contributed by atoms with E-state index in [1.165, 1.54) is 24.3 Å². The van der Waals surface area contributed by atoms with E-state index in [1.54, 1.807) is 11.3 Å². The van der Waals surface area contributed by atoms with Crippen molar-refractivity contribution < 1.29 is 0 Å². The first-order chi connectivity index (χ1) is 7.40. The van der Waals surface area contributed by atoms with Crippen LogP contribution in [0.15, 0.2) is 11.7 Å². The number of nitrogens with zero attached hydrogens (tertiary/aromatic N) is 2. The molecule has 0 saturated carbocycles. The molecule has 1 N–H and O–H groups in total. The fourth-order valence-electron chi connectivity index (χ4n) is 2.16. The topological polar surface area (TPSA) is 28.2 Å². The van der Waals surface area contributed by atoms with Gasteiger partial charge in [0.1, 0.15) is 0 Å². The second kappa shape index (κ2) is 5.58. The predicted molar refractivity (Wildman–Crippen MR) is 64.1 cm³/mol. The van der Waals surface area contributed by atoms with Gasteiger partial charge >= 0.3 is 0 Å². The second-order valence-electron chi connectivity index (χ2n) is 4.03. The van der Waals surface area contributed by atoms with Gasteiger partial charge in [0.05, 0.1) is 5.51 Å². The lowest BCUT2D eigenvalue weighted by Crippen LogP contribution is -2.45. The van der Waals surface area contributed by atoms with Crippen LogP contribution >= 0.6 is 11.3 Å². The van der Waals surface area contributed by atoms with E-state index in [0.717, 1.165) is 19.6 Å². The van der Waals surface area contributed by atoms with Crippen LogP contribution in [0.25, 0.3) is 0 Å². The molecular weight excluding hydrogens is 206 g/mol. The Labute approximate surface area is 95.5 Å². The van der Waals surface area contributed by atoms with Crippen molar-refractivity contribution in [2.75, 3.05) is 19.6 Å². The first-order valence-electron chi connectivity index (χ1n) is 5.72. The number of aromatic nitrogens is 1. The van der Waals surface area contributed by atoms with Crippen molar-refractivity contribution in [3.05, 3.63) is 16.6 Å². The van der Waals surface area contributed by atoms with E-state index in [9.17, 15) is 0 Å². The third kappa shape index (κ3) is 3.00. The molecule has 2 heterocycles. The molecule has 0 radical (unpaired) electrons. The lowest BCUT2D eigenvalue weighted by atomic mass is 10.1. The summed E-state index contributed by atoms with van der Waals surface area (Å²) in [5, 5.41) is 3.48. The summed E-state index contributed by atoms with van der Waals surface area (Å²) in [6.45, 7) is 6.77. The lowest BCUT2D eigenvalue weighted by Gasteiger charge is -2.33. The highest BCUT2D eigenvalue weighted by Crippen LogP contribution is 2.15. The summed E-state index contributed by atoms with van der Waals surface area (Å²) >= 11 is 1.76. The third-order valence-electron chi connectivity index (χ3n) is 3.04. The maximum absolute atomic E-state index is 4.13. The molecule has 1 aliphatic rings. The van der Waals surface area contributed by atoms with E-state index < -0.39 is 0 Å². The Morgan fingerprint density at radius 2 is 2.60 bits per heavy atom. The van der Waals surface area contributed by atoms with Gasteiger partial charge in [-0.2, -0.15) is 0 Å². The highest BCUT2D eigenvalue weighted by atomic mass is 32.1. The average molecular weight is 225 g/mol. The molecule has 0 bridgehead atoms. The Morgan fingerprint density at radius 3 is 3.20 bits per heavy atom. The summed E-state index contributed by atoms with van der Waals surface area (Å²) < 4.78 is 0. The lowest BCUT2D eigenvalue weighted by molar-refractivity contribution is 0.167. The van der Waals surface area contributed by atoms with Gasteiger partial charge in [-0.15, -0.1) is 11.3 Å². The highest BCUT2D eigenvalue weighted by Gasteiger charge is 2.19. The number of likely N-dealkylation sites (N-methyl/N-ethyl adjacent to an activating group) is 1. The van der Waals surface area contributed by atoms with Gasteiger partial charge in [-0.3, -0.25) is 9.88 Å². The number of hydrogen-bond acceptors (Lipinski definition) is 4. The molecule has 4 heteroatoms. The summed E-state index contributed by atoms with van der Waals surface area (Å²) in [5.74, 6) is 0. The maximum atomic E-state index is 4.13. The molecule has 0 aromatic carbocycles. The van der Waals surface area contributed by atoms with Gasteiger partial charge in [0.2, 0.25) is 0 Å². The average Bonchev–Trinajstić information content (AvgIpc) is 2.80. The first-order valence-corrected chi connectivity index (χ1v) is 6.60. The zero-order valence-electron chi connectivity index (χ0n) is 9.28. The van der Waals surface area contributed by atoms with Crippen molar-refractivity contribution in [2.24, 2.45) is 0 Å². The molecule has 1 aliphatic heterocycles. The third-order valence-corrected chi connectivity index (χ3v) is 3.80. The zero-order valence-corrected chi connectivity index (χ0v) is 10.1. The standard InChI is InChI=1S/C11H19N3S/c1-2-14(8-11-7-13-9-15-11)10-4-3-5-12-6-10/h7,9-10,12H,2-6,8H2,1H3. The fourth-order valence-corrected chi connectivity index (χ4v) is 2.78. The molecule has 84 valence electrons. The van der Waals surface area contributed by atoms with E-state index in [4.69, 9.17) is 0 Å². The van der Waals surface area contributed by atoms with Crippen LogP contribution in [0.4, 0.5) is 0 Å². The van der Waals surface area contributed by atoms with Crippen LogP contribution in [0.5, 0.6) is 0 Å². The molecule has 0 amide bonds. The number of nitrogens with one attached hydrogen (secondary N) is 1. The van der Waals surface area contributed by atoms with E-state index in [2.05, 4.69) is 22.1 Å². The monoisotopic (exact) mass is 225 g/mol. The highest BCUT2D eigenvalue weighted by molar-refractivity contribution is 7.09. The van der Waals surface area contributed by atoms with Crippen molar-refractivity contribution in [3.8, 4) is 0 Å². The Bertz CT molecular complexity index is 267. The van der Waals surface area contributed by atoms with E-state index >= 15 is 0 Å². The van der Waals surface area contributed by atoms with Crippen LogP contribution in [-0.4, -0.2) is 35.6 Å². The molecular formula is C11H19N3S. The minimum atomic E-state index is 0.714. The van der Waals surface area contributed by atoms with Gasteiger partial charge in [0.15, 0.2) is 0 Å². The van der Waals surface area contributed by atoms with Gasteiger partial charge < -0.3 is 5.32 Å². The van der Waals surface area contributed by atoms with Gasteiger partial charge in [0, 0.05) is 30.2 Å². The molecule has 0 spiro atoms. The van der Waals surface area contributed by atoms with Crippen LogP contribution in [0.1, 0.15) is 24.6 Å². The zero-order chi connectivity index (χ0) is 10.5. The minimum absolute atomic E-state index is 0.714. The Balaban J connectivity index is 1.91. The molecule has 1 fully saturated rings. The van der Waals surface area contributed by atoms with Crippen molar-refractivity contribution in [1.29, 1.82) is 0 Å². The molecule has 1 unspecified atom stereocenters. The van der Waals surface area contributed by atoms with Crippen molar-refractivity contribution in [1.82, 2.24) is 15.2 Å². The smallest absolute Gasteiger partial charge is 0.0794 e. The summed E-state index contributed by atoms with van der Waals surface area (Å²) in [5.41, 5.74) is 1.92. The fraction of sp³-hybridized carbons (Fsp3) is 0.727. The van der Waals surface area contributed by atoms with Crippen molar-refractivity contribution >= 4 is 11.3 Å². The molecule has 1 atom stereocenters. The Kier molecular flexibility index (Phi) is 4.11. The van der Waals surface area contributed by atoms with E-state index in [-0.39, 0.29) is 0 Å². The number of rotatable bonds is 4. The summed E-state index contributed by atoms with van der Waals surface area (Å²) in [6, 6.07) is 0.714. The largest absolute Gasteiger partial charge is 0.315 e. The number of piperidine rings is 1. The first kappa shape index (κ1) is 11.0. The van der Waals surface area contributed by atoms with Gasteiger partial charge in [-0.05, 0) is 25.9 Å². The van der Waals surface area contributed by atoms with Crippen molar-refractivity contribution in [2.45, 2.75) is 32.4 Å². The summed E-state index contributed by atoms with van der Waals surface area (Å²) in [6.07, 6.45) is 4.63. The summed E-state index contributed by atoms with van der Waals surface area (Å²) in [4.78, 5) is 8.06. The Hall–Kier alpha value is -0.450. The molecule has 2 rings (SSSR count). The number of hydrogen-bond donors (Lipinski definition) is 1. The Morgan fingerprint density at radius 1 is 1.67 bits per heavy atom. The SMILES string of the molecule is CCN(Cc1cncs1)C1CCCNC1. The van der Waals surface area contributed by atoms with Crippen LogP contribution in [0.2, 0.25) is 0 Å². The number of thiazole rings is 1. The van der Waals surface area contributed by atoms with Crippen molar-refractivity contribution in [3.63, 3.8) is 0 Å². The van der Waals surface area contributed by atoms with Gasteiger partial charge in [0.25, 0.3) is 0 Å². The predicted octanol–water partition coefficient (Wildman–Crippen LogP) is 1.72. The van der Waals surface area contributed by atoms with E-state index in [0.29, 0.717) is 6.04 Å². The normalized spacial score (nSPS) is 22.1. The molecule has 1 aromatic rings. The molecule has 0 aliphatic carbocycles. The second-order valence-corrected chi connectivity index (χ2v) is 5.00. The molecule has 1 aromatic heterocycles. The van der Waals surface area contributed by atoms with Crippen LogP contribution in [0.3, 0.4) is 0 Å². The van der Waals surface area contributed by atoms with Crippen LogP contribution in [0, 0.1) is 0 Å². The van der Waals surface area contributed by atoms with E-state index in [1.807, 2.05) is 11.7 Å². The van der Waals surface area contributed by atoms with Gasteiger partial charge in [-0.1, -0.05) is 6.92 Å². The quantitative estimate of drug-likeness (QED) is 0.845. The maximum Gasteiger partial charge on any atom is 0.0794 e. The summed E-state index contributed by atoms with van der Waals surface area (Å²) in [7, 11) is 0.